The molecule has 0 saturated carbocycles. The maximum absolute atomic E-state index is 11.0. The zero-order valence-corrected chi connectivity index (χ0v) is 10.5. The minimum Gasteiger partial charge on any atom is -0.388 e. The molecule has 94 valence electrons. The number of hydrogen-bond donors (Lipinski definition) is 3. The summed E-state index contributed by atoms with van der Waals surface area (Å²) in [6.45, 7) is 1.22. The van der Waals surface area contributed by atoms with Gasteiger partial charge in [-0.15, -0.1) is 0 Å². The molecule has 18 heavy (non-hydrogen) atoms. The summed E-state index contributed by atoms with van der Waals surface area (Å²) >= 11 is 5.10. The molecule has 1 aromatic heterocycles. The minimum atomic E-state index is -0.225. The Hall–Kier alpha value is -1.99. The fraction of sp³-hybridized carbons (Fsp3) is 0.182. The molecule has 1 heterocycles. The number of rotatable bonds is 3. The molecule has 0 aliphatic heterocycles. The molecule has 2 aromatic rings. The Bertz CT molecular complexity index is 632. The predicted octanol–water partition coefficient (Wildman–Crippen LogP) is 1.38. The molecule has 2 rings (SSSR count). The fourth-order valence-electron chi connectivity index (χ4n) is 1.63. The van der Waals surface area contributed by atoms with Crippen LogP contribution in [0.5, 0.6) is 0 Å². The number of benzene rings is 1. The summed E-state index contributed by atoms with van der Waals surface area (Å²) in [4.78, 5) is 11.0. The van der Waals surface area contributed by atoms with Gasteiger partial charge in [-0.1, -0.05) is 6.07 Å². The van der Waals surface area contributed by atoms with Crippen LogP contribution >= 0.6 is 12.2 Å². The molecule has 0 saturated heterocycles. The number of aliphatic hydroxyl groups is 1. The summed E-state index contributed by atoms with van der Waals surface area (Å²) in [6.07, 6.45) is 0. The van der Waals surface area contributed by atoms with E-state index in [0.29, 0.717) is 16.3 Å². The molecule has 0 bridgehead atoms. The highest BCUT2D eigenvalue weighted by Crippen LogP contribution is 2.16. The second-order valence-corrected chi connectivity index (χ2v) is 4.06. The molecule has 7 heteroatoms. The van der Waals surface area contributed by atoms with Gasteiger partial charge in [0, 0.05) is 12.6 Å². The number of amides is 1. The zero-order chi connectivity index (χ0) is 13.1. The normalized spacial score (nSPS) is 10.3. The van der Waals surface area contributed by atoms with E-state index in [2.05, 4.69) is 15.5 Å². The van der Waals surface area contributed by atoms with E-state index in [1.54, 1.807) is 22.8 Å². The van der Waals surface area contributed by atoms with Gasteiger partial charge in [0.05, 0.1) is 5.69 Å². The van der Waals surface area contributed by atoms with Crippen molar-refractivity contribution < 1.29 is 9.90 Å². The van der Waals surface area contributed by atoms with Crippen LogP contribution in [0.3, 0.4) is 0 Å². The van der Waals surface area contributed by atoms with Gasteiger partial charge in [0.15, 0.2) is 10.6 Å². The van der Waals surface area contributed by atoms with E-state index in [1.807, 2.05) is 6.07 Å². The fourth-order valence-corrected chi connectivity index (χ4v) is 1.88. The lowest BCUT2D eigenvalue weighted by molar-refractivity contribution is -0.114. The Kier molecular flexibility index (Phi) is 3.54. The molecule has 0 aliphatic rings. The van der Waals surface area contributed by atoms with Crippen LogP contribution in [-0.2, 0) is 11.4 Å². The number of aliphatic hydroxyl groups excluding tert-OH is 1. The highest BCUT2D eigenvalue weighted by Gasteiger charge is 2.07. The van der Waals surface area contributed by atoms with Crippen LogP contribution in [0.4, 0.5) is 5.69 Å². The monoisotopic (exact) mass is 264 g/mol. The van der Waals surface area contributed by atoms with Gasteiger partial charge < -0.3 is 10.4 Å². The van der Waals surface area contributed by atoms with Gasteiger partial charge in [-0.2, -0.15) is 5.10 Å². The summed E-state index contributed by atoms with van der Waals surface area (Å²) < 4.78 is 2.00. The van der Waals surface area contributed by atoms with Crippen molar-refractivity contribution in [2.45, 2.75) is 13.5 Å². The van der Waals surface area contributed by atoms with Crippen molar-refractivity contribution in [3.8, 4) is 5.69 Å². The molecule has 0 spiro atoms. The number of nitrogens with one attached hydrogen (secondary N) is 2. The summed E-state index contributed by atoms with van der Waals surface area (Å²) in [5.41, 5.74) is 1.39. The van der Waals surface area contributed by atoms with E-state index < -0.39 is 0 Å². The lowest BCUT2D eigenvalue weighted by Crippen LogP contribution is -2.07. The molecule has 0 aliphatic carbocycles. The van der Waals surface area contributed by atoms with E-state index in [4.69, 9.17) is 12.2 Å². The van der Waals surface area contributed by atoms with Crippen LogP contribution in [0.25, 0.3) is 5.69 Å². The van der Waals surface area contributed by atoms with E-state index >= 15 is 0 Å². The van der Waals surface area contributed by atoms with Crippen LogP contribution in [0.1, 0.15) is 12.7 Å². The standard InChI is InChI=1S/C11H12N4O2S/c1-7(17)12-8-3-2-4-9(5-8)15-10(6-16)13-14-11(15)18/h2-5,16H,6H2,1H3,(H,12,17)(H,14,18). The Labute approximate surface area is 108 Å². The first-order chi connectivity index (χ1) is 8.61. The summed E-state index contributed by atoms with van der Waals surface area (Å²) in [6, 6.07) is 7.13. The highest BCUT2D eigenvalue weighted by atomic mass is 32.1. The Morgan fingerprint density at radius 3 is 3.06 bits per heavy atom. The van der Waals surface area contributed by atoms with E-state index in [9.17, 15) is 9.90 Å². The number of aromatic nitrogens is 3. The smallest absolute Gasteiger partial charge is 0.221 e. The third-order valence-corrected chi connectivity index (χ3v) is 2.58. The first-order valence-electron chi connectivity index (χ1n) is 5.27. The maximum atomic E-state index is 11.0. The van der Waals surface area contributed by atoms with Gasteiger partial charge in [0.1, 0.15) is 6.61 Å². The topological polar surface area (TPSA) is 82.9 Å². The van der Waals surface area contributed by atoms with Crippen LogP contribution < -0.4 is 5.32 Å². The summed E-state index contributed by atoms with van der Waals surface area (Å²) in [5, 5.41) is 18.4. The highest BCUT2D eigenvalue weighted by molar-refractivity contribution is 7.71. The Morgan fingerprint density at radius 1 is 1.61 bits per heavy atom. The average Bonchev–Trinajstić information content (AvgIpc) is 2.70. The molecule has 0 unspecified atom stereocenters. The van der Waals surface area contributed by atoms with Crippen molar-refractivity contribution in [1.29, 1.82) is 0 Å². The van der Waals surface area contributed by atoms with Crippen molar-refractivity contribution in [2.75, 3.05) is 5.32 Å². The molecule has 6 nitrogen and oxygen atoms in total. The quantitative estimate of drug-likeness (QED) is 0.731. The molecule has 1 aromatic carbocycles. The molecular formula is C11H12N4O2S. The molecule has 0 radical (unpaired) electrons. The SMILES string of the molecule is CC(=O)Nc1cccc(-n2c(CO)n[nH]c2=S)c1. The largest absolute Gasteiger partial charge is 0.388 e. The molecule has 1 amide bonds. The second kappa shape index (κ2) is 5.11. The number of aromatic amines is 1. The molecule has 0 fully saturated rings. The minimum absolute atomic E-state index is 0.148. The zero-order valence-electron chi connectivity index (χ0n) is 9.67. The maximum Gasteiger partial charge on any atom is 0.221 e. The molecule has 3 N–H and O–H groups in total. The van der Waals surface area contributed by atoms with Crippen LogP contribution in [0, 0.1) is 4.77 Å². The third kappa shape index (κ3) is 2.47. The van der Waals surface area contributed by atoms with Gasteiger partial charge >= 0.3 is 0 Å². The number of H-pyrrole nitrogens is 1. The number of nitrogens with zero attached hydrogens (tertiary/aromatic N) is 2. The van der Waals surface area contributed by atoms with Crippen LogP contribution in [0.2, 0.25) is 0 Å². The van der Waals surface area contributed by atoms with Gasteiger partial charge in [0.2, 0.25) is 5.91 Å². The van der Waals surface area contributed by atoms with Crippen molar-refractivity contribution >= 4 is 23.8 Å². The summed E-state index contributed by atoms with van der Waals surface area (Å²) in [5.74, 6) is 0.269. The van der Waals surface area contributed by atoms with E-state index in [-0.39, 0.29) is 12.5 Å². The number of hydrogen-bond acceptors (Lipinski definition) is 4. The number of anilines is 1. The third-order valence-electron chi connectivity index (χ3n) is 2.31. The van der Waals surface area contributed by atoms with Crippen molar-refractivity contribution in [3.63, 3.8) is 0 Å². The Balaban J connectivity index is 2.47. The second-order valence-electron chi connectivity index (χ2n) is 3.67. The van der Waals surface area contributed by atoms with E-state index in [0.717, 1.165) is 5.69 Å². The molecular weight excluding hydrogens is 252 g/mol. The van der Waals surface area contributed by atoms with Crippen molar-refractivity contribution in [1.82, 2.24) is 14.8 Å². The van der Waals surface area contributed by atoms with Crippen LogP contribution in [0.15, 0.2) is 24.3 Å². The van der Waals surface area contributed by atoms with E-state index in [1.165, 1.54) is 6.92 Å². The Morgan fingerprint density at radius 2 is 2.39 bits per heavy atom. The lowest BCUT2D eigenvalue weighted by atomic mass is 10.2. The first kappa shape index (κ1) is 12.5. The first-order valence-corrected chi connectivity index (χ1v) is 5.68. The van der Waals surface area contributed by atoms with Gasteiger partial charge in [-0.25, -0.2) is 0 Å². The number of carbonyl (C=O) groups excluding carboxylic acids is 1. The average molecular weight is 264 g/mol. The van der Waals surface area contributed by atoms with Crippen molar-refractivity contribution in [2.24, 2.45) is 0 Å². The van der Waals surface area contributed by atoms with Gasteiger partial charge in [-0.3, -0.25) is 14.5 Å². The van der Waals surface area contributed by atoms with Crippen LogP contribution in [-0.4, -0.2) is 25.8 Å². The van der Waals surface area contributed by atoms with Gasteiger partial charge in [-0.05, 0) is 30.4 Å². The summed E-state index contributed by atoms with van der Waals surface area (Å²) in [7, 11) is 0. The lowest BCUT2D eigenvalue weighted by Gasteiger charge is -2.07. The van der Waals surface area contributed by atoms with Gasteiger partial charge in [0.25, 0.3) is 0 Å². The van der Waals surface area contributed by atoms with Crippen molar-refractivity contribution in [3.05, 3.63) is 34.9 Å². The molecule has 0 atom stereocenters. The predicted molar refractivity (Wildman–Crippen MR) is 69.0 cm³/mol. The number of carbonyl (C=O) groups is 1.